The highest BCUT2D eigenvalue weighted by Crippen LogP contribution is 2.16. The number of hydrogen-bond acceptors (Lipinski definition) is 4. The van der Waals surface area contributed by atoms with Crippen molar-refractivity contribution in [2.75, 3.05) is 19.7 Å². The summed E-state index contributed by atoms with van der Waals surface area (Å²) in [6.07, 6.45) is 0. The van der Waals surface area contributed by atoms with Crippen LogP contribution in [0.3, 0.4) is 0 Å². The zero-order valence-electron chi connectivity index (χ0n) is 8.76. The molecule has 0 saturated heterocycles. The molecule has 0 radical (unpaired) electrons. The first-order valence-corrected chi connectivity index (χ1v) is 6.20. The molecule has 0 amide bonds. The van der Waals surface area contributed by atoms with Gasteiger partial charge < -0.3 is 9.47 Å². The van der Waals surface area contributed by atoms with Gasteiger partial charge in [-0.25, -0.2) is 8.42 Å². The van der Waals surface area contributed by atoms with Crippen LogP contribution < -0.4 is 4.74 Å². The lowest BCUT2D eigenvalue weighted by atomic mass is 10.3. The lowest BCUT2D eigenvalue weighted by Gasteiger charge is -2.05. The first-order valence-electron chi connectivity index (χ1n) is 4.54. The molecule has 5 heteroatoms. The summed E-state index contributed by atoms with van der Waals surface area (Å²) in [6.45, 7) is 2.14. The smallest absolute Gasteiger partial charge is 0.202 e. The molecule has 0 aliphatic heterocycles. The van der Waals surface area contributed by atoms with Gasteiger partial charge >= 0.3 is 0 Å². The van der Waals surface area contributed by atoms with Crippen molar-refractivity contribution >= 4 is 9.84 Å². The quantitative estimate of drug-likeness (QED) is 0.768. The number of ether oxygens (including phenoxy) is 2. The molecule has 0 spiro atoms. The second kappa shape index (κ2) is 5.14. The van der Waals surface area contributed by atoms with Crippen LogP contribution in [0.25, 0.3) is 0 Å². The number of sulfone groups is 1. The Labute approximate surface area is 89.7 Å². The van der Waals surface area contributed by atoms with Gasteiger partial charge in [-0.3, -0.25) is 0 Å². The third kappa shape index (κ3) is 3.21. The molecule has 0 heterocycles. The summed E-state index contributed by atoms with van der Waals surface area (Å²) >= 11 is 0. The van der Waals surface area contributed by atoms with E-state index in [2.05, 4.69) is 0 Å². The molecule has 0 atom stereocenters. The number of benzene rings is 1. The van der Waals surface area contributed by atoms with E-state index < -0.39 is 9.84 Å². The molecule has 0 fully saturated rings. The summed E-state index contributed by atoms with van der Waals surface area (Å²) in [5, 5.41) is 0. The van der Waals surface area contributed by atoms with Gasteiger partial charge in [0.05, 0.1) is 12.0 Å². The maximum atomic E-state index is 11.6. The van der Waals surface area contributed by atoms with E-state index in [0.29, 0.717) is 12.4 Å². The van der Waals surface area contributed by atoms with E-state index in [0.717, 1.165) is 0 Å². The molecule has 0 aromatic heterocycles. The Hall–Kier alpha value is -1.07. The van der Waals surface area contributed by atoms with E-state index in [-0.39, 0.29) is 10.8 Å². The lowest BCUT2D eigenvalue weighted by Crippen LogP contribution is -2.09. The minimum atomic E-state index is -3.33. The van der Waals surface area contributed by atoms with Crippen molar-refractivity contribution < 1.29 is 17.9 Å². The largest absolute Gasteiger partial charge is 0.497 e. The fourth-order valence-corrected chi connectivity index (χ4v) is 2.12. The van der Waals surface area contributed by atoms with Crippen molar-refractivity contribution in [2.24, 2.45) is 0 Å². The van der Waals surface area contributed by atoms with Gasteiger partial charge in [-0.15, -0.1) is 0 Å². The van der Waals surface area contributed by atoms with Gasteiger partial charge in [0.25, 0.3) is 0 Å². The standard InChI is InChI=1S/C10H14O4S/c1-3-14-8-15(11,12)10-6-4-9(13-2)5-7-10/h4-7H,3,8H2,1-2H3. The average molecular weight is 230 g/mol. The predicted molar refractivity (Wildman–Crippen MR) is 56.7 cm³/mol. The van der Waals surface area contributed by atoms with Gasteiger partial charge in [0.1, 0.15) is 5.75 Å². The summed E-state index contributed by atoms with van der Waals surface area (Å²) in [6, 6.07) is 6.23. The van der Waals surface area contributed by atoms with Crippen LogP contribution in [0, 0.1) is 0 Å². The monoisotopic (exact) mass is 230 g/mol. The summed E-state index contributed by atoms with van der Waals surface area (Å²) in [5.41, 5.74) is 0. The van der Waals surface area contributed by atoms with Gasteiger partial charge in [-0.05, 0) is 31.2 Å². The summed E-state index contributed by atoms with van der Waals surface area (Å²) in [4.78, 5) is 0.247. The Kier molecular flexibility index (Phi) is 4.11. The molecule has 1 aromatic carbocycles. The van der Waals surface area contributed by atoms with E-state index in [1.54, 1.807) is 19.1 Å². The van der Waals surface area contributed by atoms with Crippen LogP contribution in [0.15, 0.2) is 29.2 Å². The van der Waals surface area contributed by atoms with Crippen LogP contribution in [0.4, 0.5) is 0 Å². The minimum Gasteiger partial charge on any atom is -0.497 e. The first kappa shape index (κ1) is 12.0. The maximum absolute atomic E-state index is 11.6. The Balaban J connectivity index is 2.86. The van der Waals surface area contributed by atoms with Crippen molar-refractivity contribution in [1.29, 1.82) is 0 Å². The Morgan fingerprint density at radius 1 is 1.20 bits per heavy atom. The molecule has 4 nitrogen and oxygen atoms in total. The molecule has 0 aliphatic rings. The number of methoxy groups -OCH3 is 1. The molecule has 1 aromatic rings. The van der Waals surface area contributed by atoms with Crippen LogP contribution in [0.2, 0.25) is 0 Å². The van der Waals surface area contributed by atoms with Gasteiger partial charge in [0.15, 0.2) is 5.94 Å². The SMILES string of the molecule is CCOCS(=O)(=O)c1ccc(OC)cc1. The van der Waals surface area contributed by atoms with Gasteiger partial charge in [-0.1, -0.05) is 0 Å². The van der Waals surface area contributed by atoms with Crippen molar-refractivity contribution in [3.05, 3.63) is 24.3 Å². The zero-order chi connectivity index (χ0) is 11.3. The highest BCUT2D eigenvalue weighted by atomic mass is 32.2. The summed E-state index contributed by atoms with van der Waals surface area (Å²) in [7, 11) is -1.79. The third-order valence-electron chi connectivity index (χ3n) is 1.86. The molecule has 0 bridgehead atoms. The molecule has 0 saturated carbocycles. The van der Waals surface area contributed by atoms with Crippen LogP contribution in [-0.2, 0) is 14.6 Å². The van der Waals surface area contributed by atoms with E-state index in [9.17, 15) is 8.42 Å². The van der Waals surface area contributed by atoms with E-state index >= 15 is 0 Å². The molecule has 15 heavy (non-hydrogen) atoms. The van der Waals surface area contributed by atoms with Crippen LogP contribution in [-0.4, -0.2) is 28.1 Å². The molecule has 0 N–H and O–H groups in total. The number of hydrogen-bond donors (Lipinski definition) is 0. The Morgan fingerprint density at radius 2 is 1.80 bits per heavy atom. The van der Waals surface area contributed by atoms with E-state index in [1.807, 2.05) is 0 Å². The normalized spacial score (nSPS) is 11.3. The molecule has 84 valence electrons. The van der Waals surface area contributed by atoms with Crippen molar-refractivity contribution in [1.82, 2.24) is 0 Å². The molecule has 0 unspecified atom stereocenters. The van der Waals surface area contributed by atoms with Gasteiger partial charge in [0, 0.05) is 6.61 Å². The van der Waals surface area contributed by atoms with E-state index in [1.165, 1.54) is 19.2 Å². The van der Waals surface area contributed by atoms with Crippen LogP contribution in [0.5, 0.6) is 5.75 Å². The van der Waals surface area contributed by atoms with Crippen molar-refractivity contribution in [3.8, 4) is 5.75 Å². The molecule has 1 rings (SSSR count). The highest BCUT2D eigenvalue weighted by molar-refractivity contribution is 7.91. The lowest BCUT2D eigenvalue weighted by molar-refractivity contribution is 0.192. The fraction of sp³-hybridized carbons (Fsp3) is 0.400. The zero-order valence-corrected chi connectivity index (χ0v) is 9.58. The molecular formula is C10H14O4S. The minimum absolute atomic E-state index is 0.247. The summed E-state index contributed by atoms with van der Waals surface area (Å²) < 4.78 is 33.1. The topological polar surface area (TPSA) is 52.6 Å². The first-order chi connectivity index (χ1) is 7.10. The molecule has 0 aliphatic carbocycles. The fourth-order valence-electron chi connectivity index (χ4n) is 1.04. The number of rotatable bonds is 5. The van der Waals surface area contributed by atoms with E-state index in [4.69, 9.17) is 9.47 Å². The van der Waals surface area contributed by atoms with Crippen LogP contribution >= 0.6 is 0 Å². The van der Waals surface area contributed by atoms with Crippen LogP contribution in [0.1, 0.15) is 6.92 Å². The van der Waals surface area contributed by atoms with Gasteiger partial charge in [-0.2, -0.15) is 0 Å². The second-order valence-electron chi connectivity index (χ2n) is 2.90. The van der Waals surface area contributed by atoms with Crippen molar-refractivity contribution in [3.63, 3.8) is 0 Å². The Bertz CT molecular complexity index is 394. The molecular weight excluding hydrogens is 216 g/mol. The van der Waals surface area contributed by atoms with Gasteiger partial charge in [0.2, 0.25) is 9.84 Å². The van der Waals surface area contributed by atoms with Crippen molar-refractivity contribution in [2.45, 2.75) is 11.8 Å². The Morgan fingerprint density at radius 3 is 2.27 bits per heavy atom. The maximum Gasteiger partial charge on any atom is 0.202 e. The highest BCUT2D eigenvalue weighted by Gasteiger charge is 2.13. The average Bonchev–Trinajstić information content (AvgIpc) is 2.26. The second-order valence-corrected chi connectivity index (χ2v) is 4.84. The third-order valence-corrected chi connectivity index (χ3v) is 3.33. The summed E-state index contributed by atoms with van der Waals surface area (Å²) in [5.74, 6) is 0.348. The predicted octanol–water partition coefficient (Wildman–Crippen LogP) is 1.46.